The molecule has 136 valence electrons. The second kappa shape index (κ2) is 8.27. The molecule has 1 heterocycles. The number of para-hydroxylation sites is 2. The standard InChI is InChI=1S/C13H13N7O6/c1-9(6-18-8-14-13(17-18)20(24)25)15-16-12(21)7-26-11-5-3-2-4-10(11)19(22)23/h2-5,8H,6-7H2,1H3,(H,16,21). The van der Waals surface area contributed by atoms with Gasteiger partial charge in [-0.15, -0.1) is 0 Å². The molecule has 0 spiro atoms. The molecule has 1 aromatic heterocycles. The SMILES string of the molecule is CC(Cn1cnc([N+](=O)[O-])n1)=NNC(=O)COc1ccccc1[N+](=O)[O-]. The van der Waals surface area contributed by atoms with Crippen molar-refractivity contribution in [2.75, 3.05) is 6.61 Å². The van der Waals surface area contributed by atoms with Gasteiger partial charge in [-0.05, 0) is 17.9 Å². The minimum absolute atomic E-state index is 0.0386. The number of benzene rings is 1. The predicted octanol–water partition coefficient (Wildman–Crippen LogP) is 0.666. The Morgan fingerprint density at radius 3 is 2.69 bits per heavy atom. The summed E-state index contributed by atoms with van der Waals surface area (Å²) in [5, 5.41) is 28.7. The molecule has 1 aromatic carbocycles. The molecule has 0 saturated heterocycles. The van der Waals surface area contributed by atoms with Crippen LogP contribution in [0.15, 0.2) is 35.7 Å². The number of amides is 1. The minimum atomic E-state index is -0.731. The highest BCUT2D eigenvalue weighted by Crippen LogP contribution is 2.25. The van der Waals surface area contributed by atoms with Gasteiger partial charge in [0.2, 0.25) is 6.33 Å². The van der Waals surface area contributed by atoms with E-state index in [1.54, 1.807) is 13.0 Å². The van der Waals surface area contributed by atoms with Crippen LogP contribution in [0, 0.1) is 20.2 Å². The first-order valence-corrected chi connectivity index (χ1v) is 7.09. The van der Waals surface area contributed by atoms with Crippen molar-refractivity contribution in [3.63, 3.8) is 0 Å². The molecular formula is C13H13N7O6. The summed E-state index contributed by atoms with van der Waals surface area (Å²) in [5.74, 6) is -1.21. The number of aromatic nitrogens is 3. The summed E-state index contributed by atoms with van der Waals surface area (Å²) in [6.07, 6.45) is 1.16. The number of nitrogens with one attached hydrogen (secondary N) is 1. The van der Waals surface area contributed by atoms with Crippen molar-refractivity contribution in [1.82, 2.24) is 20.2 Å². The minimum Gasteiger partial charge on any atom is -0.477 e. The number of nitro groups is 2. The van der Waals surface area contributed by atoms with Crippen molar-refractivity contribution in [1.29, 1.82) is 0 Å². The van der Waals surface area contributed by atoms with E-state index in [1.165, 1.54) is 22.9 Å². The zero-order valence-corrected chi connectivity index (χ0v) is 13.4. The summed E-state index contributed by atoms with van der Waals surface area (Å²) in [4.78, 5) is 35.2. The topological polar surface area (TPSA) is 168 Å². The summed E-state index contributed by atoms with van der Waals surface area (Å²) in [6, 6.07) is 5.65. The van der Waals surface area contributed by atoms with Gasteiger partial charge < -0.3 is 14.9 Å². The Morgan fingerprint density at radius 2 is 2.04 bits per heavy atom. The van der Waals surface area contributed by atoms with Gasteiger partial charge in [0.1, 0.15) is 0 Å². The normalized spacial score (nSPS) is 11.0. The molecule has 13 heteroatoms. The molecule has 0 aliphatic rings. The monoisotopic (exact) mass is 363 g/mol. The van der Waals surface area contributed by atoms with E-state index in [9.17, 15) is 25.0 Å². The molecule has 2 rings (SSSR count). The molecule has 0 unspecified atom stereocenters. The van der Waals surface area contributed by atoms with Crippen molar-refractivity contribution < 1.29 is 19.4 Å². The first-order valence-electron chi connectivity index (χ1n) is 7.09. The Hall–Kier alpha value is -3.90. The third-order valence-electron chi connectivity index (χ3n) is 2.87. The summed E-state index contributed by atoms with van der Waals surface area (Å²) >= 11 is 0. The molecule has 0 saturated carbocycles. The third-order valence-corrected chi connectivity index (χ3v) is 2.87. The number of hydrazone groups is 1. The van der Waals surface area contributed by atoms with Crippen LogP contribution in [-0.4, -0.2) is 42.8 Å². The van der Waals surface area contributed by atoms with Crippen molar-refractivity contribution >= 4 is 23.3 Å². The van der Waals surface area contributed by atoms with E-state index < -0.39 is 28.3 Å². The van der Waals surface area contributed by atoms with Crippen LogP contribution in [0.5, 0.6) is 5.75 Å². The van der Waals surface area contributed by atoms with Gasteiger partial charge in [0, 0.05) is 11.2 Å². The van der Waals surface area contributed by atoms with E-state index in [-0.39, 0.29) is 18.0 Å². The average Bonchev–Trinajstić information content (AvgIpc) is 3.07. The number of nitrogens with zero attached hydrogens (tertiary/aromatic N) is 6. The second-order valence-electron chi connectivity index (χ2n) is 4.89. The molecule has 26 heavy (non-hydrogen) atoms. The van der Waals surface area contributed by atoms with Gasteiger partial charge in [-0.3, -0.25) is 14.9 Å². The van der Waals surface area contributed by atoms with E-state index in [0.29, 0.717) is 5.71 Å². The molecule has 0 bridgehead atoms. The van der Waals surface area contributed by atoms with Crippen LogP contribution < -0.4 is 10.2 Å². The first-order chi connectivity index (χ1) is 12.4. The molecule has 0 fully saturated rings. The number of hydrogen-bond donors (Lipinski definition) is 1. The molecular weight excluding hydrogens is 350 g/mol. The maximum atomic E-state index is 11.7. The van der Waals surface area contributed by atoms with Gasteiger partial charge in [0.25, 0.3) is 5.91 Å². The highest BCUT2D eigenvalue weighted by molar-refractivity contribution is 5.84. The Balaban J connectivity index is 1.86. The Kier molecular flexibility index (Phi) is 5.87. The van der Waals surface area contributed by atoms with Gasteiger partial charge in [-0.1, -0.05) is 17.1 Å². The van der Waals surface area contributed by atoms with Crippen molar-refractivity contribution in [3.8, 4) is 5.75 Å². The number of carbonyl (C=O) groups is 1. The van der Waals surface area contributed by atoms with Gasteiger partial charge in [0.15, 0.2) is 12.4 Å². The van der Waals surface area contributed by atoms with Gasteiger partial charge in [0.05, 0.1) is 17.2 Å². The zero-order chi connectivity index (χ0) is 19.1. The first kappa shape index (κ1) is 18.4. The molecule has 13 nitrogen and oxygen atoms in total. The van der Waals surface area contributed by atoms with Gasteiger partial charge in [-0.25, -0.2) is 5.43 Å². The van der Waals surface area contributed by atoms with Gasteiger partial charge in [-0.2, -0.15) is 9.78 Å². The Labute approximate surface area is 145 Å². The van der Waals surface area contributed by atoms with Crippen molar-refractivity contribution in [2.45, 2.75) is 13.5 Å². The molecule has 1 N–H and O–H groups in total. The summed E-state index contributed by atoms with van der Waals surface area (Å²) in [5.41, 5.74) is 2.35. The Bertz CT molecular complexity index is 862. The highest BCUT2D eigenvalue weighted by Gasteiger charge is 2.15. The summed E-state index contributed by atoms with van der Waals surface area (Å²) < 4.78 is 6.30. The van der Waals surface area contributed by atoms with Crippen LogP contribution in [0.3, 0.4) is 0 Å². The number of rotatable bonds is 8. The van der Waals surface area contributed by atoms with Crippen LogP contribution in [0.2, 0.25) is 0 Å². The lowest BCUT2D eigenvalue weighted by atomic mass is 10.3. The van der Waals surface area contributed by atoms with Crippen LogP contribution in [0.25, 0.3) is 0 Å². The predicted molar refractivity (Wildman–Crippen MR) is 86.5 cm³/mol. The average molecular weight is 363 g/mol. The third kappa shape index (κ3) is 5.05. The Morgan fingerprint density at radius 1 is 1.31 bits per heavy atom. The van der Waals surface area contributed by atoms with Crippen molar-refractivity contribution in [2.24, 2.45) is 5.10 Å². The largest absolute Gasteiger partial charge is 0.490 e. The van der Waals surface area contributed by atoms with Crippen LogP contribution in [-0.2, 0) is 11.3 Å². The van der Waals surface area contributed by atoms with Crippen LogP contribution in [0.1, 0.15) is 6.92 Å². The maximum absolute atomic E-state index is 11.7. The fourth-order valence-electron chi connectivity index (χ4n) is 1.78. The maximum Gasteiger partial charge on any atom is 0.490 e. The molecule has 0 atom stereocenters. The van der Waals surface area contributed by atoms with Crippen LogP contribution in [0.4, 0.5) is 11.6 Å². The smallest absolute Gasteiger partial charge is 0.477 e. The van der Waals surface area contributed by atoms with E-state index >= 15 is 0 Å². The number of ether oxygens (including phenoxy) is 1. The number of nitro benzene ring substituents is 1. The highest BCUT2D eigenvalue weighted by atomic mass is 16.6. The fourth-order valence-corrected chi connectivity index (χ4v) is 1.78. The van der Waals surface area contributed by atoms with Crippen molar-refractivity contribution in [3.05, 3.63) is 50.8 Å². The number of hydrogen-bond acceptors (Lipinski definition) is 9. The number of carbonyl (C=O) groups excluding carboxylic acids is 1. The summed E-state index contributed by atoms with van der Waals surface area (Å²) in [7, 11) is 0. The lowest BCUT2D eigenvalue weighted by Crippen LogP contribution is -2.26. The second-order valence-corrected chi connectivity index (χ2v) is 4.89. The van der Waals surface area contributed by atoms with E-state index in [0.717, 1.165) is 6.33 Å². The quantitative estimate of drug-likeness (QED) is 0.405. The van der Waals surface area contributed by atoms with Crippen LogP contribution >= 0.6 is 0 Å². The lowest BCUT2D eigenvalue weighted by Gasteiger charge is -2.05. The molecule has 0 radical (unpaired) electrons. The molecule has 2 aromatic rings. The molecule has 0 aliphatic heterocycles. The van der Waals surface area contributed by atoms with Gasteiger partial charge >= 0.3 is 11.6 Å². The molecule has 0 aliphatic carbocycles. The van der Waals surface area contributed by atoms with E-state index in [2.05, 4.69) is 20.6 Å². The van der Waals surface area contributed by atoms with E-state index in [4.69, 9.17) is 4.74 Å². The lowest BCUT2D eigenvalue weighted by molar-refractivity contribution is -0.394. The fraction of sp³-hybridized carbons (Fsp3) is 0.231. The zero-order valence-electron chi connectivity index (χ0n) is 13.4. The summed E-state index contributed by atoms with van der Waals surface area (Å²) in [6.45, 7) is 1.17. The molecule has 1 amide bonds. The van der Waals surface area contributed by atoms with E-state index in [1.807, 2.05) is 0 Å².